The molecule has 0 spiro atoms. The highest BCUT2D eigenvalue weighted by atomic mass is 19.1. The fourth-order valence-corrected chi connectivity index (χ4v) is 2.16. The predicted molar refractivity (Wildman–Crippen MR) is 80.9 cm³/mol. The van der Waals surface area contributed by atoms with Gasteiger partial charge in [0.1, 0.15) is 5.82 Å². The summed E-state index contributed by atoms with van der Waals surface area (Å²) in [5, 5.41) is 6.99. The molecule has 0 aromatic carbocycles. The lowest BCUT2D eigenvalue weighted by molar-refractivity contribution is 0.0498. The Morgan fingerprint density at radius 3 is 3.00 bits per heavy atom. The van der Waals surface area contributed by atoms with E-state index in [-0.39, 0.29) is 12.4 Å². The van der Waals surface area contributed by atoms with E-state index < -0.39 is 0 Å². The van der Waals surface area contributed by atoms with E-state index in [4.69, 9.17) is 4.74 Å². The predicted octanol–water partition coefficient (Wildman–Crippen LogP) is 0.435. The molecule has 22 heavy (non-hydrogen) atoms. The van der Waals surface area contributed by atoms with Crippen LogP contribution in [0.1, 0.15) is 5.69 Å². The number of morpholine rings is 1. The molecule has 3 rings (SSSR count). The van der Waals surface area contributed by atoms with Crippen LogP contribution in [-0.2, 0) is 4.74 Å². The van der Waals surface area contributed by atoms with Gasteiger partial charge in [-0.3, -0.25) is 4.98 Å². The van der Waals surface area contributed by atoms with Crippen molar-refractivity contribution >= 4 is 12.2 Å². The Kier molecular flexibility index (Phi) is 4.59. The first kappa shape index (κ1) is 14.5. The monoisotopic (exact) mass is 304 g/mol. The molecular formula is C14H17FN6O. The van der Waals surface area contributed by atoms with Crippen LogP contribution in [0.5, 0.6) is 0 Å². The van der Waals surface area contributed by atoms with Crippen LogP contribution in [0.25, 0.3) is 0 Å². The van der Waals surface area contributed by atoms with Crippen molar-refractivity contribution in [3.05, 3.63) is 41.7 Å². The summed E-state index contributed by atoms with van der Waals surface area (Å²) >= 11 is 0. The molecule has 2 N–H and O–H groups in total. The topological polar surface area (TPSA) is 74.1 Å². The van der Waals surface area contributed by atoms with Crippen molar-refractivity contribution in [2.45, 2.75) is 0 Å². The zero-order valence-corrected chi connectivity index (χ0v) is 12.0. The van der Waals surface area contributed by atoms with Crippen LogP contribution in [0.15, 0.2) is 46.1 Å². The summed E-state index contributed by atoms with van der Waals surface area (Å²) in [5.74, 6) is 0.574. The number of hydrazone groups is 1. The van der Waals surface area contributed by atoms with Gasteiger partial charge in [0.15, 0.2) is 5.83 Å². The molecule has 1 saturated heterocycles. The van der Waals surface area contributed by atoms with Gasteiger partial charge in [-0.15, -0.1) is 0 Å². The third-order valence-corrected chi connectivity index (χ3v) is 3.25. The van der Waals surface area contributed by atoms with Gasteiger partial charge in [0.2, 0.25) is 5.96 Å². The maximum Gasteiger partial charge on any atom is 0.218 e. The molecule has 116 valence electrons. The molecule has 1 aromatic rings. The van der Waals surface area contributed by atoms with Gasteiger partial charge in [-0.25, -0.2) is 14.8 Å². The number of ether oxygens (including phenoxy) is 1. The number of aliphatic imine (C=N–C) groups is 1. The third-order valence-electron chi connectivity index (χ3n) is 3.25. The van der Waals surface area contributed by atoms with Crippen molar-refractivity contribution in [1.82, 2.24) is 20.6 Å². The summed E-state index contributed by atoms with van der Waals surface area (Å²) in [4.78, 5) is 10.1. The molecular weight excluding hydrogens is 287 g/mol. The lowest BCUT2D eigenvalue weighted by Gasteiger charge is -2.32. The molecule has 2 aliphatic heterocycles. The molecule has 8 heteroatoms. The SMILES string of the molecule is FC1=C(N2CCOCC2)NC(N/N=C/c2ccccn2)=NC1. The van der Waals surface area contributed by atoms with E-state index in [1.807, 2.05) is 23.1 Å². The first-order chi connectivity index (χ1) is 10.8. The van der Waals surface area contributed by atoms with Gasteiger partial charge in [0, 0.05) is 19.3 Å². The van der Waals surface area contributed by atoms with E-state index in [9.17, 15) is 4.39 Å². The molecule has 0 saturated carbocycles. The number of hydrogen-bond donors (Lipinski definition) is 2. The van der Waals surface area contributed by atoms with Crippen molar-refractivity contribution < 1.29 is 9.13 Å². The van der Waals surface area contributed by atoms with Crippen LogP contribution in [0.4, 0.5) is 4.39 Å². The summed E-state index contributed by atoms with van der Waals surface area (Å²) in [5.41, 5.74) is 3.49. The Morgan fingerprint density at radius 2 is 2.23 bits per heavy atom. The third kappa shape index (κ3) is 3.59. The summed E-state index contributed by atoms with van der Waals surface area (Å²) < 4.78 is 19.2. The number of aromatic nitrogens is 1. The number of nitrogens with one attached hydrogen (secondary N) is 2. The molecule has 3 heterocycles. The van der Waals surface area contributed by atoms with Crippen molar-refractivity contribution in [1.29, 1.82) is 0 Å². The van der Waals surface area contributed by atoms with Crippen molar-refractivity contribution in [2.24, 2.45) is 10.1 Å². The minimum atomic E-state index is -0.277. The van der Waals surface area contributed by atoms with Gasteiger partial charge in [0.25, 0.3) is 0 Å². The molecule has 0 atom stereocenters. The fourth-order valence-electron chi connectivity index (χ4n) is 2.16. The van der Waals surface area contributed by atoms with E-state index in [1.165, 1.54) is 0 Å². The maximum absolute atomic E-state index is 13.9. The smallest absolute Gasteiger partial charge is 0.218 e. The summed E-state index contributed by atoms with van der Waals surface area (Å²) in [6, 6.07) is 5.54. The van der Waals surface area contributed by atoms with E-state index in [2.05, 4.69) is 25.8 Å². The summed E-state index contributed by atoms with van der Waals surface area (Å²) in [6.07, 6.45) is 3.26. The van der Waals surface area contributed by atoms with Gasteiger partial charge in [0.05, 0.1) is 31.7 Å². The first-order valence-electron chi connectivity index (χ1n) is 7.06. The highest BCUT2D eigenvalue weighted by Crippen LogP contribution is 2.14. The Bertz CT molecular complexity index is 595. The fraction of sp³-hybridized carbons (Fsp3) is 0.357. The number of hydrogen-bond acceptors (Lipinski definition) is 7. The van der Waals surface area contributed by atoms with Crippen LogP contribution in [0.2, 0.25) is 0 Å². The van der Waals surface area contributed by atoms with Gasteiger partial charge in [-0.1, -0.05) is 6.07 Å². The van der Waals surface area contributed by atoms with Crippen LogP contribution in [0, 0.1) is 0 Å². The summed E-state index contributed by atoms with van der Waals surface area (Å²) in [6.45, 7) is 2.49. The number of pyridine rings is 1. The maximum atomic E-state index is 13.9. The number of guanidine groups is 1. The largest absolute Gasteiger partial charge is 0.378 e. The Labute approximate surface area is 127 Å². The number of nitrogens with zero attached hydrogens (tertiary/aromatic N) is 4. The van der Waals surface area contributed by atoms with E-state index in [1.54, 1.807) is 12.4 Å². The summed E-state index contributed by atoms with van der Waals surface area (Å²) in [7, 11) is 0. The van der Waals surface area contributed by atoms with Crippen molar-refractivity contribution in [2.75, 3.05) is 32.8 Å². The minimum absolute atomic E-state index is 0.00112. The molecule has 2 aliphatic rings. The Balaban J connectivity index is 1.58. The highest BCUT2D eigenvalue weighted by molar-refractivity contribution is 5.84. The Hall–Kier alpha value is -2.48. The highest BCUT2D eigenvalue weighted by Gasteiger charge is 2.22. The average Bonchev–Trinajstić information content (AvgIpc) is 2.58. The zero-order chi connectivity index (χ0) is 15.2. The second kappa shape index (κ2) is 6.99. The van der Waals surface area contributed by atoms with E-state index in [0.717, 1.165) is 5.69 Å². The second-order valence-corrected chi connectivity index (χ2v) is 4.77. The van der Waals surface area contributed by atoms with Crippen LogP contribution >= 0.6 is 0 Å². The first-order valence-corrected chi connectivity index (χ1v) is 7.06. The van der Waals surface area contributed by atoms with Crippen molar-refractivity contribution in [3.8, 4) is 0 Å². The van der Waals surface area contributed by atoms with Crippen LogP contribution < -0.4 is 10.7 Å². The lowest BCUT2D eigenvalue weighted by Crippen LogP contribution is -2.47. The zero-order valence-electron chi connectivity index (χ0n) is 12.0. The minimum Gasteiger partial charge on any atom is -0.378 e. The van der Waals surface area contributed by atoms with Crippen molar-refractivity contribution in [3.63, 3.8) is 0 Å². The molecule has 1 fully saturated rings. The van der Waals surface area contributed by atoms with E-state index in [0.29, 0.717) is 38.1 Å². The quantitative estimate of drug-likeness (QED) is 0.626. The molecule has 0 radical (unpaired) electrons. The number of rotatable bonds is 3. The molecule has 0 unspecified atom stereocenters. The normalized spacial score (nSPS) is 19.1. The van der Waals surface area contributed by atoms with Gasteiger partial charge in [-0.05, 0) is 12.1 Å². The molecule has 0 amide bonds. The van der Waals surface area contributed by atoms with E-state index >= 15 is 0 Å². The molecule has 1 aromatic heterocycles. The Morgan fingerprint density at radius 1 is 1.36 bits per heavy atom. The molecule has 7 nitrogen and oxygen atoms in total. The van der Waals surface area contributed by atoms with Gasteiger partial charge >= 0.3 is 0 Å². The second-order valence-electron chi connectivity index (χ2n) is 4.77. The molecule has 0 aliphatic carbocycles. The van der Waals surface area contributed by atoms with Crippen LogP contribution in [-0.4, -0.2) is 54.9 Å². The van der Waals surface area contributed by atoms with Gasteiger partial charge in [-0.2, -0.15) is 5.10 Å². The average molecular weight is 304 g/mol. The lowest BCUT2D eigenvalue weighted by atomic mass is 10.3. The van der Waals surface area contributed by atoms with Gasteiger partial charge < -0.3 is 15.0 Å². The number of halogens is 1. The molecule has 0 bridgehead atoms. The van der Waals surface area contributed by atoms with Crippen LogP contribution in [0.3, 0.4) is 0 Å². The standard InChI is InChI=1S/C14H17FN6O/c15-12-10-17-14(19-13(12)21-5-7-22-8-6-21)20-18-9-11-3-1-2-4-16-11/h1-4,9H,5-8,10H2,(H2,17,19,20)/b18-9+.